The number of hydrogen-bond donors (Lipinski definition) is 1. The fourth-order valence-electron chi connectivity index (χ4n) is 3.15. The fraction of sp³-hybridized carbons (Fsp3) is 0.250. The number of furan rings is 1. The molecular weight excluding hydrogens is 380 g/mol. The van der Waals surface area contributed by atoms with Crippen molar-refractivity contribution < 1.29 is 22.4 Å². The van der Waals surface area contributed by atoms with Gasteiger partial charge >= 0.3 is 0 Å². The lowest BCUT2D eigenvalue weighted by atomic mass is 10.1. The Bertz CT molecular complexity index is 1130. The van der Waals surface area contributed by atoms with Gasteiger partial charge in [-0.05, 0) is 24.3 Å². The van der Waals surface area contributed by atoms with Crippen molar-refractivity contribution in [1.29, 1.82) is 0 Å². The van der Waals surface area contributed by atoms with Crippen molar-refractivity contribution in [3.05, 3.63) is 59.4 Å². The van der Waals surface area contributed by atoms with Crippen LogP contribution in [0, 0.1) is 0 Å². The minimum atomic E-state index is -3.94. The standard InChI is InChI=1S/C20H22N2O5S/c1-4-17-16(14-7-5-6-8-19(14)27-17)12-22(2)20(23)15-11-13(28(21,24)25)9-10-18(15)26-3/h5-11H,4,12H2,1-3H3,(H2,21,24,25). The van der Waals surface area contributed by atoms with Crippen molar-refractivity contribution in [2.45, 2.75) is 24.8 Å². The highest BCUT2D eigenvalue weighted by Gasteiger charge is 2.22. The molecule has 1 aromatic heterocycles. The fourth-order valence-corrected chi connectivity index (χ4v) is 3.69. The Morgan fingerprint density at radius 1 is 1.21 bits per heavy atom. The first-order chi connectivity index (χ1) is 13.3. The second kappa shape index (κ2) is 7.65. The summed E-state index contributed by atoms with van der Waals surface area (Å²) in [4.78, 5) is 14.4. The number of amides is 1. The van der Waals surface area contributed by atoms with Crippen molar-refractivity contribution in [3.8, 4) is 5.75 Å². The van der Waals surface area contributed by atoms with E-state index in [1.165, 1.54) is 30.2 Å². The van der Waals surface area contributed by atoms with E-state index in [-0.39, 0.29) is 22.1 Å². The number of rotatable bonds is 6. The van der Waals surface area contributed by atoms with Gasteiger partial charge < -0.3 is 14.1 Å². The molecule has 0 bridgehead atoms. The molecule has 0 radical (unpaired) electrons. The molecule has 0 saturated carbocycles. The third-order valence-electron chi connectivity index (χ3n) is 4.57. The number of nitrogens with zero attached hydrogens (tertiary/aromatic N) is 1. The topological polar surface area (TPSA) is 103 Å². The third kappa shape index (κ3) is 3.74. The van der Waals surface area contributed by atoms with Gasteiger partial charge in [0.15, 0.2) is 0 Å². The number of methoxy groups -OCH3 is 1. The Hall–Kier alpha value is -2.84. The molecule has 1 heterocycles. The van der Waals surface area contributed by atoms with Crippen LogP contribution in [0.3, 0.4) is 0 Å². The molecule has 0 spiro atoms. The number of carbonyl (C=O) groups excluding carboxylic acids is 1. The van der Waals surface area contributed by atoms with E-state index in [1.54, 1.807) is 7.05 Å². The molecule has 3 aromatic rings. The Morgan fingerprint density at radius 3 is 2.57 bits per heavy atom. The van der Waals surface area contributed by atoms with Crippen LogP contribution in [0.4, 0.5) is 0 Å². The molecule has 2 N–H and O–H groups in total. The summed E-state index contributed by atoms with van der Waals surface area (Å²) in [5.74, 6) is 0.706. The molecule has 2 aromatic carbocycles. The number of fused-ring (bicyclic) bond motifs is 1. The monoisotopic (exact) mass is 402 g/mol. The van der Waals surface area contributed by atoms with Gasteiger partial charge in [-0.15, -0.1) is 0 Å². The molecule has 0 atom stereocenters. The molecule has 28 heavy (non-hydrogen) atoms. The van der Waals surface area contributed by atoms with Crippen LogP contribution in [0.5, 0.6) is 5.75 Å². The van der Waals surface area contributed by atoms with E-state index in [2.05, 4.69) is 0 Å². The number of aryl methyl sites for hydroxylation is 1. The van der Waals surface area contributed by atoms with Gasteiger partial charge in [0.2, 0.25) is 10.0 Å². The average molecular weight is 402 g/mol. The lowest BCUT2D eigenvalue weighted by Crippen LogP contribution is -2.27. The van der Waals surface area contributed by atoms with Crippen LogP contribution in [0.2, 0.25) is 0 Å². The van der Waals surface area contributed by atoms with E-state index in [9.17, 15) is 13.2 Å². The summed E-state index contributed by atoms with van der Waals surface area (Å²) in [6.07, 6.45) is 0.691. The van der Waals surface area contributed by atoms with Gasteiger partial charge in [-0.25, -0.2) is 13.6 Å². The summed E-state index contributed by atoms with van der Waals surface area (Å²) in [7, 11) is -0.877. The molecule has 0 saturated heterocycles. The van der Waals surface area contributed by atoms with E-state index >= 15 is 0 Å². The van der Waals surface area contributed by atoms with Gasteiger partial charge in [0, 0.05) is 31.0 Å². The average Bonchev–Trinajstić information content (AvgIpc) is 3.03. The first-order valence-corrected chi connectivity index (χ1v) is 10.3. The number of nitrogens with two attached hydrogens (primary N) is 1. The molecule has 0 aliphatic rings. The van der Waals surface area contributed by atoms with Crippen molar-refractivity contribution in [2.24, 2.45) is 5.14 Å². The van der Waals surface area contributed by atoms with E-state index in [0.29, 0.717) is 13.0 Å². The SMILES string of the molecule is CCc1oc2ccccc2c1CN(C)C(=O)c1cc(S(N)(=O)=O)ccc1OC. The Balaban J connectivity index is 1.98. The predicted molar refractivity (Wildman–Crippen MR) is 106 cm³/mol. The maximum absolute atomic E-state index is 13.0. The third-order valence-corrected chi connectivity index (χ3v) is 5.49. The van der Waals surface area contributed by atoms with Gasteiger partial charge in [0.1, 0.15) is 17.1 Å². The summed E-state index contributed by atoms with van der Waals surface area (Å²) in [5, 5.41) is 6.15. The minimum absolute atomic E-state index is 0.127. The van der Waals surface area contributed by atoms with Gasteiger partial charge in [-0.1, -0.05) is 25.1 Å². The maximum atomic E-state index is 13.0. The molecule has 0 fully saturated rings. The van der Waals surface area contributed by atoms with Crippen LogP contribution in [0.1, 0.15) is 28.6 Å². The van der Waals surface area contributed by atoms with E-state index in [4.69, 9.17) is 14.3 Å². The quantitative estimate of drug-likeness (QED) is 0.683. The van der Waals surface area contributed by atoms with Crippen molar-refractivity contribution in [1.82, 2.24) is 4.90 Å². The van der Waals surface area contributed by atoms with Crippen LogP contribution in [-0.4, -0.2) is 33.4 Å². The van der Waals surface area contributed by atoms with E-state index in [0.717, 1.165) is 22.3 Å². The molecule has 148 valence electrons. The maximum Gasteiger partial charge on any atom is 0.257 e. The molecule has 0 aliphatic carbocycles. The lowest BCUT2D eigenvalue weighted by molar-refractivity contribution is 0.0781. The van der Waals surface area contributed by atoms with Crippen LogP contribution < -0.4 is 9.88 Å². The molecule has 0 unspecified atom stereocenters. The van der Waals surface area contributed by atoms with Crippen LogP contribution in [0.25, 0.3) is 11.0 Å². The van der Waals surface area contributed by atoms with Crippen molar-refractivity contribution >= 4 is 26.9 Å². The summed E-state index contributed by atoms with van der Waals surface area (Å²) in [5.41, 5.74) is 1.82. The Morgan fingerprint density at radius 2 is 1.93 bits per heavy atom. The molecule has 7 nitrogen and oxygen atoms in total. The zero-order valence-electron chi connectivity index (χ0n) is 15.9. The minimum Gasteiger partial charge on any atom is -0.496 e. The lowest BCUT2D eigenvalue weighted by Gasteiger charge is -2.19. The summed E-state index contributed by atoms with van der Waals surface area (Å²) in [6, 6.07) is 11.6. The van der Waals surface area contributed by atoms with Gasteiger partial charge in [0.05, 0.1) is 17.6 Å². The van der Waals surface area contributed by atoms with Crippen molar-refractivity contribution in [2.75, 3.05) is 14.2 Å². The largest absolute Gasteiger partial charge is 0.496 e. The Labute approximate surface area is 163 Å². The number of carbonyl (C=O) groups is 1. The molecular formula is C20H22N2O5S. The van der Waals surface area contributed by atoms with Gasteiger partial charge in [-0.2, -0.15) is 0 Å². The smallest absolute Gasteiger partial charge is 0.257 e. The summed E-state index contributed by atoms with van der Waals surface area (Å²) in [6.45, 7) is 2.30. The molecule has 8 heteroatoms. The molecule has 0 aliphatic heterocycles. The van der Waals surface area contributed by atoms with Gasteiger partial charge in [-0.3, -0.25) is 4.79 Å². The number of sulfonamides is 1. The second-order valence-electron chi connectivity index (χ2n) is 6.42. The first-order valence-electron chi connectivity index (χ1n) is 8.71. The number of para-hydroxylation sites is 1. The number of hydrogen-bond acceptors (Lipinski definition) is 5. The van der Waals surface area contributed by atoms with E-state index in [1.807, 2.05) is 31.2 Å². The number of benzene rings is 2. The van der Waals surface area contributed by atoms with Crippen molar-refractivity contribution in [3.63, 3.8) is 0 Å². The van der Waals surface area contributed by atoms with Gasteiger partial charge in [0.25, 0.3) is 5.91 Å². The highest BCUT2D eigenvalue weighted by molar-refractivity contribution is 7.89. The zero-order chi connectivity index (χ0) is 20.5. The summed E-state index contributed by atoms with van der Waals surface area (Å²) < 4.78 is 34.4. The van der Waals surface area contributed by atoms with Crippen LogP contribution in [-0.2, 0) is 23.0 Å². The number of ether oxygens (including phenoxy) is 1. The zero-order valence-corrected chi connectivity index (χ0v) is 16.7. The van der Waals surface area contributed by atoms with Crippen LogP contribution >= 0.6 is 0 Å². The molecule has 1 amide bonds. The van der Waals surface area contributed by atoms with Crippen LogP contribution in [0.15, 0.2) is 51.8 Å². The van der Waals surface area contributed by atoms with E-state index < -0.39 is 10.0 Å². The highest BCUT2D eigenvalue weighted by atomic mass is 32.2. The second-order valence-corrected chi connectivity index (χ2v) is 7.98. The normalized spacial score (nSPS) is 11.6. The predicted octanol–water partition coefficient (Wildman–Crippen LogP) is 2.92. The first kappa shape index (κ1) is 19.9. The Kier molecular flexibility index (Phi) is 5.44. The summed E-state index contributed by atoms with van der Waals surface area (Å²) >= 11 is 0. The highest BCUT2D eigenvalue weighted by Crippen LogP contribution is 2.29. The molecule has 3 rings (SSSR count). The number of primary sulfonamides is 1.